The van der Waals surface area contributed by atoms with Crippen molar-refractivity contribution in [3.63, 3.8) is 0 Å². The molecule has 0 unspecified atom stereocenters. The van der Waals surface area contributed by atoms with Crippen LogP contribution in [0.25, 0.3) is 0 Å². The van der Waals surface area contributed by atoms with Crippen LogP contribution in [0.3, 0.4) is 0 Å². The summed E-state index contributed by atoms with van der Waals surface area (Å²) in [7, 11) is 0. The van der Waals surface area contributed by atoms with Crippen LogP contribution in [0, 0.1) is 6.92 Å². The van der Waals surface area contributed by atoms with Crippen molar-refractivity contribution in [2.24, 2.45) is 5.10 Å². The van der Waals surface area contributed by atoms with Crippen LogP contribution in [-0.4, -0.2) is 43.2 Å². The van der Waals surface area contributed by atoms with Crippen LogP contribution < -0.4 is 25.5 Å². The molecule has 10 heteroatoms. The molecule has 3 rings (SSSR count). The normalized spacial score (nSPS) is 12.8. The molecule has 3 N–H and O–H groups in total. The van der Waals surface area contributed by atoms with Gasteiger partial charge in [0, 0.05) is 16.2 Å². The minimum absolute atomic E-state index is 0.0921. The van der Waals surface area contributed by atoms with E-state index in [1.807, 2.05) is 32.0 Å². The fourth-order valence-corrected chi connectivity index (χ4v) is 3.26. The second-order valence-electron chi connectivity index (χ2n) is 7.38. The fourth-order valence-electron chi connectivity index (χ4n) is 2.78. The molecule has 1 aliphatic rings. The van der Waals surface area contributed by atoms with E-state index >= 15 is 0 Å². The van der Waals surface area contributed by atoms with Gasteiger partial charge in [0.2, 0.25) is 0 Å². The molecular formula is C23H25BrN4O5. The molecule has 1 aliphatic carbocycles. The van der Waals surface area contributed by atoms with E-state index in [0.717, 1.165) is 22.9 Å². The molecule has 1 saturated carbocycles. The number of hydrogen-bond acceptors (Lipinski definition) is 6. The molecule has 2 aromatic carbocycles. The van der Waals surface area contributed by atoms with Crippen molar-refractivity contribution in [3.8, 4) is 11.5 Å². The number of aryl methyl sites for hydroxylation is 1. The molecule has 0 aromatic heterocycles. The van der Waals surface area contributed by atoms with Crippen molar-refractivity contribution in [2.45, 2.75) is 32.7 Å². The number of carbonyl (C=O) groups is 3. The van der Waals surface area contributed by atoms with E-state index in [4.69, 9.17) is 9.47 Å². The van der Waals surface area contributed by atoms with Gasteiger partial charge in [-0.2, -0.15) is 5.10 Å². The second kappa shape index (κ2) is 11.5. The highest BCUT2D eigenvalue weighted by atomic mass is 79.9. The molecule has 0 atom stereocenters. The minimum atomic E-state index is -0.824. The summed E-state index contributed by atoms with van der Waals surface area (Å²) in [4.78, 5) is 35.7. The molecule has 0 heterocycles. The Morgan fingerprint density at radius 3 is 2.58 bits per heavy atom. The summed E-state index contributed by atoms with van der Waals surface area (Å²) in [5.41, 5.74) is 4.44. The Hall–Kier alpha value is -3.40. The van der Waals surface area contributed by atoms with Gasteiger partial charge in [0.25, 0.3) is 5.91 Å². The average Bonchev–Trinajstić information content (AvgIpc) is 3.59. The maximum Gasteiger partial charge on any atom is 0.329 e. The number of halogens is 1. The number of ether oxygens (including phenoxy) is 2. The van der Waals surface area contributed by atoms with Gasteiger partial charge in [-0.15, -0.1) is 0 Å². The summed E-state index contributed by atoms with van der Waals surface area (Å²) in [5, 5.41) is 9.20. The van der Waals surface area contributed by atoms with Crippen molar-refractivity contribution in [3.05, 3.63) is 52.0 Å². The molecule has 9 nitrogen and oxygen atoms in total. The molecule has 33 heavy (non-hydrogen) atoms. The van der Waals surface area contributed by atoms with Gasteiger partial charge in [-0.05, 0) is 74.2 Å². The van der Waals surface area contributed by atoms with Crippen LogP contribution in [0.4, 0.5) is 5.69 Å². The summed E-state index contributed by atoms with van der Waals surface area (Å²) >= 11 is 3.39. The highest BCUT2D eigenvalue weighted by Gasteiger charge is 2.26. The maximum absolute atomic E-state index is 12.3. The lowest BCUT2D eigenvalue weighted by Crippen LogP contribution is -2.38. The standard InChI is InChI=1S/C23H25BrN4O5/c1-3-32-20-11-15(12-25-28-23(31)22(30)26-17-6-7-17)4-9-19(20)33-13-21(29)27-18-8-5-16(24)10-14(18)2/h4-5,8-12,17H,3,6-7,13H2,1-2H3,(H,26,30)(H,27,29)(H,28,31)/b25-12-. The maximum atomic E-state index is 12.3. The second-order valence-corrected chi connectivity index (χ2v) is 8.30. The van der Waals surface area contributed by atoms with Gasteiger partial charge in [0.05, 0.1) is 12.8 Å². The third kappa shape index (κ3) is 7.60. The highest BCUT2D eigenvalue weighted by Crippen LogP contribution is 2.28. The van der Waals surface area contributed by atoms with Crippen LogP contribution >= 0.6 is 15.9 Å². The molecule has 0 bridgehead atoms. The van der Waals surface area contributed by atoms with Gasteiger partial charge < -0.3 is 20.1 Å². The molecule has 174 valence electrons. The third-order valence-electron chi connectivity index (χ3n) is 4.59. The van der Waals surface area contributed by atoms with Gasteiger partial charge in [0.1, 0.15) is 0 Å². The lowest BCUT2D eigenvalue weighted by molar-refractivity contribution is -0.139. The Morgan fingerprint density at radius 2 is 1.88 bits per heavy atom. The van der Waals surface area contributed by atoms with Crippen LogP contribution in [0.5, 0.6) is 11.5 Å². The molecule has 0 radical (unpaired) electrons. The first kappa shape index (κ1) is 24.2. The predicted molar refractivity (Wildman–Crippen MR) is 128 cm³/mol. The van der Waals surface area contributed by atoms with Crippen molar-refractivity contribution < 1.29 is 23.9 Å². The Labute approximate surface area is 200 Å². The molecule has 0 spiro atoms. The Balaban J connectivity index is 1.56. The Morgan fingerprint density at radius 1 is 1.09 bits per heavy atom. The summed E-state index contributed by atoms with van der Waals surface area (Å²) < 4.78 is 12.2. The first-order valence-corrected chi connectivity index (χ1v) is 11.2. The smallest absolute Gasteiger partial charge is 0.329 e. The summed E-state index contributed by atoms with van der Waals surface area (Å²) in [6.45, 7) is 3.91. The van der Waals surface area contributed by atoms with E-state index in [0.29, 0.717) is 29.4 Å². The van der Waals surface area contributed by atoms with Crippen molar-refractivity contribution in [1.82, 2.24) is 10.7 Å². The number of hydrazone groups is 1. The van der Waals surface area contributed by atoms with Gasteiger partial charge in [-0.1, -0.05) is 15.9 Å². The van der Waals surface area contributed by atoms with E-state index < -0.39 is 11.8 Å². The van der Waals surface area contributed by atoms with Crippen molar-refractivity contribution >= 4 is 45.6 Å². The number of nitrogens with zero attached hydrogens (tertiary/aromatic N) is 1. The summed E-state index contributed by atoms with van der Waals surface area (Å²) in [6, 6.07) is 10.7. The van der Waals surface area contributed by atoms with Crippen molar-refractivity contribution in [1.29, 1.82) is 0 Å². The van der Waals surface area contributed by atoms with Crippen LogP contribution in [-0.2, 0) is 14.4 Å². The average molecular weight is 517 g/mol. The zero-order valence-electron chi connectivity index (χ0n) is 18.3. The number of rotatable bonds is 9. The molecule has 0 saturated heterocycles. The number of benzene rings is 2. The first-order valence-electron chi connectivity index (χ1n) is 10.4. The summed E-state index contributed by atoms with van der Waals surface area (Å²) in [5.74, 6) is -1.02. The molecular weight excluding hydrogens is 492 g/mol. The lowest BCUT2D eigenvalue weighted by atomic mass is 10.2. The third-order valence-corrected chi connectivity index (χ3v) is 5.08. The van der Waals surface area contributed by atoms with Crippen LogP contribution in [0.1, 0.15) is 30.9 Å². The Kier molecular flexibility index (Phi) is 8.42. The topological polar surface area (TPSA) is 118 Å². The van der Waals surface area contributed by atoms with E-state index in [1.54, 1.807) is 18.2 Å². The van der Waals surface area contributed by atoms with E-state index in [1.165, 1.54) is 6.21 Å². The van der Waals surface area contributed by atoms with E-state index in [9.17, 15) is 14.4 Å². The number of nitrogens with one attached hydrogen (secondary N) is 3. The lowest BCUT2D eigenvalue weighted by Gasteiger charge is -2.13. The molecule has 2 aromatic rings. The number of carbonyl (C=O) groups excluding carboxylic acids is 3. The van der Waals surface area contributed by atoms with Crippen molar-refractivity contribution in [2.75, 3.05) is 18.5 Å². The van der Waals surface area contributed by atoms with Crippen LogP contribution in [0.2, 0.25) is 0 Å². The number of anilines is 1. The fraction of sp³-hybridized carbons (Fsp3) is 0.304. The molecule has 3 amide bonds. The summed E-state index contributed by atoms with van der Waals surface area (Å²) in [6.07, 6.45) is 3.17. The first-order chi connectivity index (χ1) is 15.9. The monoisotopic (exact) mass is 516 g/mol. The van der Waals surface area contributed by atoms with Gasteiger partial charge in [-0.25, -0.2) is 5.43 Å². The largest absolute Gasteiger partial charge is 0.490 e. The minimum Gasteiger partial charge on any atom is -0.490 e. The SMILES string of the molecule is CCOc1cc(/C=N\NC(=O)C(=O)NC2CC2)ccc1OCC(=O)Nc1ccc(Br)cc1C. The van der Waals surface area contributed by atoms with Crippen LogP contribution in [0.15, 0.2) is 46.0 Å². The molecule has 1 fully saturated rings. The Bertz CT molecular complexity index is 1070. The number of hydrogen-bond donors (Lipinski definition) is 3. The van der Waals surface area contributed by atoms with Gasteiger partial charge in [0.15, 0.2) is 18.1 Å². The van der Waals surface area contributed by atoms with Gasteiger partial charge in [-0.3, -0.25) is 14.4 Å². The highest BCUT2D eigenvalue weighted by molar-refractivity contribution is 9.10. The zero-order chi connectivity index (χ0) is 23.8. The number of amides is 3. The zero-order valence-corrected chi connectivity index (χ0v) is 19.9. The van der Waals surface area contributed by atoms with Gasteiger partial charge >= 0.3 is 11.8 Å². The quantitative estimate of drug-likeness (QED) is 0.269. The predicted octanol–water partition coefficient (Wildman–Crippen LogP) is 2.90. The van der Waals surface area contributed by atoms with E-state index in [2.05, 4.69) is 37.1 Å². The van der Waals surface area contributed by atoms with E-state index in [-0.39, 0.29) is 18.6 Å². The molecule has 0 aliphatic heterocycles.